The Balaban J connectivity index is 1.33. The first-order chi connectivity index (χ1) is 21.6. The highest BCUT2D eigenvalue weighted by Gasteiger charge is 2.23. The van der Waals surface area contributed by atoms with Gasteiger partial charge in [0.25, 0.3) is 15.9 Å². The normalized spacial score (nSPS) is 11.5. The number of aromatic nitrogens is 4. The predicted molar refractivity (Wildman–Crippen MR) is 170 cm³/mol. The number of nitrogens with zero attached hydrogens (tertiary/aromatic N) is 4. The predicted octanol–water partition coefficient (Wildman–Crippen LogP) is 6.29. The summed E-state index contributed by atoms with van der Waals surface area (Å²) < 4.78 is 52.2. The maximum absolute atomic E-state index is 13.4. The number of rotatable bonds is 12. The molecule has 0 aliphatic rings. The molecule has 0 saturated carbocycles. The molecular formula is C33H33N5O6S. The average molecular weight is 628 g/mol. The smallest absolute Gasteiger partial charge is 0.316 e. The van der Waals surface area contributed by atoms with Crippen LogP contribution in [-0.2, 0) is 15.4 Å². The summed E-state index contributed by atoms with van der Waals surface area (Å²) in [7, 11) is -2.52. The fourth-order valence-corrected chi connectivity index (χ4v) is 5.18. The van der Waals surface area contributed by atoms with Crippen LogP contribution in [-0.4, -0.2) is 48.7 Å². The lowest BCUT2D eigenvalue weighted by Gasteiger charge is -2.19. The Labute approximate surface area is 262 Å². The van der Waals surface area contributed by atoms with Crippen molar-refractivity contribution in [1.82, 2.24) is 19.9 Å². The third-order valence-corrected chi connectivity index (χ3v) is 7.94. The van der Waals surface area contributed by atoms with Crippen molar-refractivity contribution in [2.24, 2.45) is 0 Å². The van der Waals surface area contributed by atoms with Gasteiger partial charge in [0, 0.05) is 24.0 Å². The zero-order chi connectivity index (χ0) is 31.9. The highest BCUT2D eigenvalue weighted by Crippen LogP contribution is 2.37. The van der Waals surface area contributed by atoms with Gasteiger partial charge in [-0.05, 0) is 40.8 Å². The molecule has 11 nitrogen and oxygen atoms in total. The van der Waals surface area contributed by atoms with Gasteiger partial charge in [-0.3, -0.25) is 4.72 Å². The molecule has 2 heterocycles. The lowest BCUT2D eigenvalue weighted by atomic mass is 9.87. The van der Waals surface area contributed by atoms with Gasteiger partial charge in [-0.15, -0.1) is 0 Å². The van der Waals surface area contributed by atoms with E-state index in [9.17, 15) is 8.42 Å². The summed E-state index contributed by atoms with van der Waals surface area (Å²) in [5.74, 6) is 0.747. The number of ether oxygens (including phenoxy) is 4. The Morgan fingerprint density at radius 3 is 2.13 bits per heavy atom. The number of benzene rings is 3. The minimum Gasteiger partial charge on any atom is -0.497 e. The maximum atomic E-state index is 13.4. The third-order valence-electron chi connectivity index (χ3n) is 6.58. The molecule has 1 N–H and O–H groups in total. The average Bonchev–Trinajstić information content (AvgIpc) is 3.04. The van der Waals surface area contributed by atoms with Gasteiger partial charge in [0.15, 0.2) is 5.82 Å². The van der Waals surface area contributed by atoms with Crippen molar-refractivity contribution in [2.75, 3.05) is 25.0 Å². The molecule has 0 bridgehead atoms. The zero-order valence-corrected chi connectivity index (χ0v) is 26.1. The fraction of sp³-hybridized carbons (Fsp3) is 0.212. The topological polar surface area (TPSA) is 135 Å². The summed E-state index contributed by atoms with van der Waals surface area (Å²) in [6, 6.07) is 23.4. The van der Waals surface area contributed by atoms with Crippen LogP contribution in [0.3, 0.4) is 0 Å². The molecule has 0 atom stereocenters. The van der Waals surface area contributed by atoms with E-state index < -0.39 is 10.0 Å². The summed E-state index contributed by atoms with van der Waals surface area (Å²) in [5.41, 5.74) is 2.72. The Kier molecular flexibility index (Phi) is 9.43. The zero-order valence-electron chi connectivity index (χ0n) is 25.3. The van der Waals surface area contributed by atoms with E-state index in [1.165, 1.54) is 13.4 Å². The molecule has 0 unspecified atom stereocenters. The monoisotopic (exact) mass is 627 g/mol. The number of nitrogens with one attached hydrogen (secondary N) is 1. The van der Waals surface area contributed by atoms with Crippen LogP contribution in [0.1, 0.15) is 26.3 Å². The lowest BCUT2D eigenvalue weighted by Crippen LogP contribution is -2.17. The second-order valence-corrected chi connectivity index (χ2v) is 12.5. The molecule has 0 saturated heterocycles. The van der Waals surface area contributed by atoms with Crippen LogP contribution in [0.25, 0.3) is 11.1 Å². The number of methoxy groups -OCH3 is 1. The van der Waals surface area contributed by atoms with Crippen molar-refractivity contribution in [3.8, 4) is 40.3 Å². The Hall–Kier alpha value is -5.23. The van der Waals surface area contributed by atoms with Gasteiger partial charge < -0.3 is 18.9 Å². The van der Waals surface area contributed by atoms with Gasteiger partial charge in [0.2, 0.25) is 5.75 Å². The van der Waals surface area contributed by atoms with E-state index in [0.29, 0.717) is 11.5 Å². The van der Waals surface area contributed by atoms with Crippen molar-refractivity contribution < 1.29 is 27.4 Å². The number of anilines is 1. The molecule has 5 rings (SSSR count). The Morgan fingerprint density at radius 2 is 1.44 bits per heavy atom. The van der Waals surface area contributed by atoms with Crippen molar-refractivity contribution in [3.05, 3.63) is 103 Å². The van der Waals surface area contributed by atoms with Gasteiger partial charge in [-0.25, -0.2) is 23.4 Å². The van der Waals surface area contributed by atoms with Gasteiger partial charge >= 0.3 is 6.01 Å². The van der Waals surface area contributed by atoms with Gasteiger partial charge in [0.05, 0.1) is 12.0 Å². The van der Waals surface area contributed by atoms with Gasteiger partial charge in [0.1, 0.15) is 31.0 Å². The summed E-state index contributed by atoms with van der Waals surface area (Å²) >= 11 is 0. The summed E-state index contributed by atoms with van der Waals surface area (Å²) in [6.07, 6.45) is 4.54. The van der Waals surface area contributed by atoms with Crippen LogP contribution in [0.15, 0.2) is 102 Å². The molecule has 3 aromatic carbocycles. The Bertz CT molecular complexity index is 1830. The largest absolute Gasteiger partial charge is 0.497 e. The second-order valence-electron chi connectivity index (χ2n) is 10.8. The van der Waals surface area contributed by atoms with Crippen molar-refractivity contribution in [1.29, 1.82) is 0 Å². The first-order valence-electron chi connectivity index (χ1n) is 14.1. The molecule has 0 aliphatic carbocycles. The van der Waals surface area contributed by atoms with E-state index in [1.807, 2.05) is 30.3 Å². The summed E-state index contributed by atoms with van der Waals surface area (Å²) in [6.45, 7) is 6.27. The van der Waals surface area contributed by atoms with Crippen molar-refractivity contribution in [3.63, 3.8) is 0 Å². The fourth-order valence-electron chi connectivity index (χ4n) is 4.17. The summed E-state index contributed by atoms with van der Waals surface area (Å²) in [5, 5.41) is 0. The van der Waals surface area contributed by atoms with E-state index in [2.05, 4.69) is 45.4 Å². The van der Waals surface area contributed by atoms with E-state index in [-0.39, 0.29) is 47.0 Å². The maximum Gasteiger partial charge on any atom is 0.316 e. The van der Waals surface area contributed by atoms with E-state index in [4.69, 9.17) is 18.9 Å². The molecule has 232 valence electrons. The number of hydrogen-bond donors (Lipinski definition) is 1. The molecule has 45 heavy (non-hydrogen) atoms. The minimum absolute atomic E-state index is 0.00227. The molecule has 0 spiro atoms. The molecule has 0 amide bonds. The second kappa shape index (κ2) is 13.6. The van der Waals surface area contributed by atoms with E-state index in [0.717, 1.165) is 16.7 Å². The third kappa shape index (κ3) is 8.03. The molecule has 12 heteroatoms. The Morgan fingerprint density at radius 1 is 0.756 bits per heavy atom. The van der Waals surface area contributed by atoms with E-state index >= 15 is 0 Å². The highest BCUT2D eigenvalue weighted by molar-refractivity contribution is 7.92. The van der Waals surface area contributed by atoms with Crippen molar-refractivity contribution >= 4 is 15.8 Å². The van der Waals surface area contributed by atoms with Crippen LogP contribution < -0.4 is 23.7 Å². The van der Waals surface area contributed by atoms with Crippen LogP contribution in [0.5, 0.6) is 29.1 Å². The van der Waals surface area contributed by atoms with Gasteiger partial charge in [-0.1, -0.05) is 69.3 Å². The first kappa shape index (κ1) is 31.2. The molecule has 0 fully saturated rings. The molecule has 0 radical (unpaired) electrons. The van der Waals surface area contributed by atoms with Crippen LogP contribution in [0.2, 0.25) is 0 Å². The van der Waals surface area contributed by atoms with Crippen LogP contribution in [0, 0.1) is 0 Å². The SMILES string of the molecule is COc1cccc(Oc2c(NS(=O)(=O)c3ccc(C(C)(C)C)cc3)ncnc2OCCOc2ncc(-c3ccccc3)cn2)c1. The lowest BCUT2D eigenvalue weighted by molar-refractivity contribution is 0.197. The quantitative estimate of drug-likeness (QED) is 0.157. The minimum atomic E-state index is -4.05. The molecule has 5 aromatic rings. The van der Waals surface area contributed by atoms with Gasteiger partial charge in [-0.2, -0.15) is 4.98 Å². The van der Waals surface area contributed by atoms with Crippen molar-refractivity contribution in [2.45, 2.75) is 31.1 Å². The van der Waals surface area contributed by atoms with Crippen LogP contribution >= 0.6 is 0 Å². The standard InChI is InChI=1S/C33H33N5O6S/c1-33(2,3)25-13-15-28(16-14-25)45(39,40)38-30-29(44-27-12-8-11-26(19-27)41-4)31(37-22-36-30)42-17-18-43-32-34-20-24(21-35-32)23-9-6-5-7-10-23/h5-16,19-22H,17-18H2,1-4H3,(H,36,37,38). The number of sulfonamides is 1. The molecule has 2 aromatic heterocycles. The van der Waals surface area contributed by atoms with E-state index in [1.54, 1.807) is 60.9 Å². The molecule has 0 aliphatic heterocycles. The molecular weight excluding hydrogens is 594 g/mol. The number of hydrogen-bond acceptors (Lipinski definition) is 10. The highest BCUT2D eigenvalue weighted by atomic mass is 32.2. The van der Waals surface area contributed by atoms with Crippen LogP contribution in [0.4, 0.5) is 5.82 Å². The summed E-state index contributed by atoms with van der Waals surface area (Å²) in [4.78, 5) is 17.0. The first-order valence-corrected chi connectivity index (χ1v) is 15.5.